The van der Waals surface area contributed by atoms with Crippen LogP contribution in [-0.4, -0.2) is 16.7 Å². The maximum absolute atomic E-state index is 11.9. The summed E-state index contributed by atoms with van der Waals surface area (Å²) in [5.41, 5.74) is 1.40. The van der Waals surface area contributed by atoms with Crippen LogP contribution in [0.1, 0.15) is 18.4 Å². The lowest BCUT2D eigenvalue weighted by molar-refractivity contribution is -0.383. The van der Waals surface area contributed by atoms with Gasteiger partial charge in [0.25, 0.3) is 5.69 Å². The molecule has 140 valence electrons. The van der Waals surface area contributed by atoms with Crippen molar-refractivity contribution in [2.45, 2.75) is 19.4 Å². The zero-order valence-corrected chi connectivity index (χ0v) is 14.9. The lowest BCUT2D eigenvalue weighted by Crippen LogP contribution is -2.28. The smallest absolute Gasteiger partial charge is 0.294 e. The molecule has 0 atom stereocenters. The quantitative estimate of drug-likeness (QED) is 0.413. The Morgan fingerprint density at radius 1 is 0.964 bits per heavy atom. The van der Waals surface area contributed by atoms with Gasteiger partial charge in [0.1, 0.15) is 5.69 Å². The van der Waals surface area contributed by atoms with Crippen molar-refractivity contribution in [3.05, 3.63) is 76.3 Å². The molecule has 3 aromatic carbocycles. The number of hydrogen-bond acceptors (Lipinski definition) is 5. The van der Waals surface area contributed by atoms with Crippen molar-refractivity contribution in [2.75, 3.05) is 10.2 Å². The number of fused-ring (bicyclic) bond motifs is 1. The largest absolute Gasteiger partial charge is 0.375 e. The number of nitro groups is 1. The van der Waals surface area contributed by atoms with Crippen LogP contribution in [-0.2, 0) is 16.1 Å². The first kappa shape index (κ1) is 17.7. The Morgan fingerprint density at radius 2 is 1.68 bits per heavy atom. The van der Waals surface area contributed by atoms with Gasteiger partial charge in [-0.15, -0.1) is 0 Å². The lowest BCUT2D eigenvalue weighted by Gasteiger charge is -2.15. The molecule has 1 heterocycles. The van der Waals surface area contributed by atoms with Crippen molar-refractivity contribution in [2.24, 2.45) is 0 Å². The molecule has 28 heavy (non-hydrogen) atoms. The topological polar surface area (TPSA) is 92.6 Å². The molecule has 7 nitrogen and oxygen atoms in total. The van der Waals surface area contributed by atoms with Gasteiger partial charge >= 0.3 is 0 Å². The number of nitro benzene ring substituents is 1. The first-order chi connectivity index (χ1) is 13.5. The van der Waals surface area contributed by atoms with E-state index in [0.717, 1.165) is 21.2 Å². The molecule has 1 aliphatic heterocycles. The molecule has 0 spiro atoms. The second-order valence-corrected chi connectivity index (χ2v) is 6.57. The van der Waals surface area contributed by atoms with Gasteiger partial charge in [-0.2, -0.15) is 0 Å². The molecule has 0 aromatic heterocycles. The van der Waals surface area contributed by atoms with E-state index in [1.54, 1.807) is 6.07 Å². The summed E-state index contributed by atoms with van der Waals surface area (Å²) in [7, 11) is 0. The maximum atomic E-state index is 11.9. The van der Waals surface area contributed by atoms with Crippen molar-refractivity contribution in [3.63, 3.8) is 0 Å². The Hall–Kier alpha value is -3.74. The minimum Gasteiger partial charge on any atom is -0.375 e. The number of rotatable bonds is 5. The average molecular weight is 375 g/mol. The number of carbonyl (C=O) groups excluding carboxylic acids is 2. The molecule has 0 bridgehead atoms. The molecular weight excluding hydrogens is 358 g/mol. The second-order valence-electron chi connectivity index (χ2n) is 6.57. The predicted molar refractivity (Wildman–Crippen MR) is 106 cm³/mol. The normalized spacial score (nSPS) is 13.9. The fourth-order valence-electron chi connectivity index (χ4n) is 3.46. The number of nitrogens with zero attached hydrogens (tertiary/aromatic N) is 2. The van der Waals surface area contributed by atoms with Crippen LogP contribution in [0.5, 0.6) is 0 Å². The number of hydrogen-bond donors (Lipinski definition) is 1. The summed E-state index contributed by atoms with van der Waals surface area (Å²) in [6.45, 7) is 0.406. The molecule has 4 rings (SSSR count). The van der Waals surface area contributed by atoms with Crippen LogP contribution in [0.4, 0.5) is 17.1 Å². The molecule has 1 fully saturated rings. The van der Waals surface area contributed by atoms with E-state index in [-0.39, 0.29) is 36.0 Å². The monoisotopic (exact) mass is 375 g/mol. The summed E-state index contributed by atoms with van der Waals surface area (Å²) in [5, 5.41) is 16.8. The summed E-state index contributed by atoms with van der Waals surface area (Å²) in [5.74, 6) is -0.675. The van der Waals surface area contributed by atoms with Gasteiger partial charge in [0.15, 0.2) is 0 Å². The van der Waals surface area contributed by atoms with E-state index in [0.29, 0.717) is 12.2 Å². The Balaban J connectivity index is 1.63. The van der Waals surface area contributed by atoms with Gasteiger partial charge in [0.05, 0.1) is 10.6 Å². The molecule has 1 saturated heterocycles. The maximum Gasteiger partial charge on any atom is 0.294 e. The van der Waals surface area contributed by atoms with Crippen molar-refractivity contribution >= 4 is 39.6 Å². The number of nitrogens with one attached hydrogen (secondary N) is 1. The Kier molecular flexibility index (Phi) is 4.49. The molecule has 0 unspecified atom stereocenters. The molecule has 0 radical (unpaired) electrons. The van der Waals surface area contributed by atoms with Crippen LogP contribution in [0, 0.1) is 10.1 Å². The summed E-state index contributed by atoms with van der Waals surface area (Å²) >= 11 is 0. The van der Waals surface area contributed by atoms with Crippen molar-refractivity contribution in [1.29, 1.82) is 0 Å². The Morgan fingerprint density at radius 3 is 2.43 bits per heavy atom. The van der Waals surface area contributed by atoms with E-state index in [1.165, 1.54) is 12.1 Å². The molecule has 2 amide bonds. The number of carbonyl (C=O) groups is 2. The van der Waals surface area contributed by atoms with Crippen molar-refractivity contribution < 1.29 is 14.5 Å². The SMILES string of the molecule is O=C1CCC(=O)N1c1ccc(NCc2cccc3ccccc23)c([N+](=O)[O-])c1. The lowest BCUT2D eigenvalue weighted by atomic mass is 10.0. The number of imide groups is 1. The third-order valence-electron chi connectivity index (χ3n) is 4.84. The van der Waals surface area contributed by atoms with Crippen molar-refractivity contribution in [1.82, 2.24) is 0 Å². The molecule has 1 aliphatic rings. The molecule has 3 aromatic rings. The highest BCUT2D eigenvalue weighted by Crippen LogP contribution is 2.32. The number of amides is 2. The van der Waals surface area contributed by atoms with Crippen LogP contribution in [0.3, 0.4) is 0 Å². The third-order valence-corrected chi connectivity index (χ3v) is 4.84. The second kappa shape index (κ2) is 7.11. The van der Waals surface area contributed by atoms with E-state index in [9.17, 15) is 19.7 Å². The van der Waals surface area contributed by atoms with Crippen LogP contribution in [0.25, 0.3) is 10.8 Å². The molecule has 1 N–H and O–H groups in total. The van der Waals surface area contributed by atoms with Crippen LogP contribution in [0.15, 0.2) is 60.7 Å². The fraction of sp³-hybridized carbons (Fsp3) is 0.143. The standard InChI is InChI=1S/C21H17N3O4/c25-20-10-11-21(26)23(20)16-8-9-18(19(12-16)24(27)28)22-13-15-6-3-5-14-4-1-2-7-17(14)15/h1-9,12,22H,10-11,13H2. The summed E-state index contributed by atoms with van der Waals surface area (Å²) in [4.78, 5) is 35.9. The van der Waals surface area contributed by atoms with Gasteiger partial charge in [-0.05, 0) is 28.5 Å². The van der Waals surface area contributed by atoms with Gasteiger partial charge in [-0.25, -0.2) is 0 Å². The van der Waals surface area contributed by atoms with Gasteiger partial charge in [-0.3, -0.25) is 24.6 Å². The summed E-state index contributed by atoms with van der Waals surface area (Å²) in [6, 6.07) is 18.2. The van der Waals surface area contributed by atoms with Gasteiger partial charge in [0.2, 0.25) is 11.8 Å². The third kappa shape index (κ3) is 3.18. The molecule has 0 saturated carbocycles. The highest BCUT2D eigenvalue weighted by Gasteiger charge is 2.31. The first-order valence-electron chi connectivity index (χ1n) is 8.89. The average Bonchev–Trinajstić information content (AvgIpc) is 3.04. The Bertz CT molecular complexity index is 1090. The minimum atomic E-state index is -0.514. The van der Waals surface area contributed by atoms with Crippen LogP contribution >= 0.6 is 0 Å². The van der Waals surface area contributed by atoms with Gasteiger partial charge in [-0.1, -0.05) is 42.5 Å². The van der Waals surface area contributed by atoms with Gasteiger partial charge in [0, 0.05) is 25.5 Å². The minimum absolute atomic E-state index is 0.133. The summed E-state index contributed by atoms with van der Waals surface area (Å²) in [6.07, 6.45) is 0.265. The van der Waals surface area contributed by atoms with Crippen LogP contribution in [0.2, 0.25) is 0 Å². The number of anilines is 2. The van der Waals surface area contributed by atoms with E-state index < -0.39 is 4.92 Å². The highest BCUT2D eigenvalue weighted by atomic mass is 16.6. The highest BCUT2D eigenvalue weighted by molar-refractivity contribution is 6.20. The molecule has 0 aliphatic carbocycles. The zero-order valence-electron chi connectivity index (χ0n) is 14.9. The summed E-state index contributed by atoms with van der Waals surface area (Å²) < 4.78 is 0. The van der Waals surface area contributed by atoms with Gasteiger partial charge < -0.3 is 5.32 Å². The Labute approximate surface area is 160 Å². The fourth-order valence-corrected chi connectivity index (χ4v) is 3.46. The van der Waals surface area contributed by atoms with E-state index >= 15 is 0 Å². The van der Waals surface area contributed by atoms with Crippen molar-refractivity contribution in [3.8, 4) is 0 Å². The molecular formula is C21H17N3O4. The number of benzene rings is 3. The van der Waals surface area contributed by atoms with E-state index in [4.69, 9.17) is 0 Å². The first-order valence-corrected chi connectivity index (χ1v) is 8.89. The van der Waals surface area contributed by atoms with Crippen LogP contribution < -0.4 is 10.2 Å². The predicted octanol–water partition coefficient (Wildman–Crippen LogP) is 4.01. The van der Waals surface area contributed by atoms with E-state index in [1.807, 2.05) is 42.5 Å². The van der Waals surface area contributed by atoms with E-state index in [2.05, 4.69) is 5.32 Å². The zero-order chi connectivity index (χ0) is 19.7. The molecule has 7 heteroatoms.